The molecule has 114 valence electrons. The van der Waals surface area contributed by atoms with Crippen molar-refractivity contribution in [2.75, 3.05) is 11.1 Å². The zero-order valence-corrected chi connectivity index (χ0v) is 13.9. The van der Waals surface area contributed by atoms with Gasteiger partial charge >= 0.3 is 0 Å². The summed E-state index contributed by atoms with van der Waals surface area (Å²) in [7, 11) is 3.96. The SMILES string of the molecule is CC(=O)c1ccc(NC(=O)CCCCC2CCSS2)cc1. The van der Waals surface area contributed by atoms with E-state index in [0.717, 1.165) is 23.8 Å². The van der Waals surface area contributed by atoms with E-state index in [-0.39, 0.29) is 11.7 Å². The fraction of sp³-hybridized carbons (Fsp3) is 0.500. The molecule has 0 aliphatic carbocycles. The molecule has 0 radical (unpaired) electrons. The highest BCUT2D eigenvalue weighted by Gasteiger charge is 2.15. The van der Waals surface area contributed by atoms with Crippen LogP contribution in [0.3, 0.4) is 0 Å². The molecule has 21 heavy (non-hydrogen) atoms. The predicted octanol–water partition coefficient (Wildman–Crippen LogP) is 4.54. The molecule has 1 amide bonds. The second-order valence-corrected chi connectivity index (χ2v) is 8.04. The zero-order chi connectivity index (χ0) is 15.1. The summed E-state index contributed by atoms with van der Waals surface area (Å²) in [6.45, 7) is 1.54. The third-order valence-electron chi connectivity index (χ3n) is 3.48. The number of unbranched alkanes of at least 4 members (excludes halogenated alkanes) is 1. The van der Waals surface area contributed by atoms with E-state index in [1.165, 1.54) is 25.5 Å². The Labute approximate surface area is 134 Å². The number of nitrogens with one attached hydrogen (secondary N) is 1. The molecule has 0 spiro atoms. The molecule has 1 aromatic carbocycles. The minimum absolute atomic E-state index is 0.0378. The van der Waals surface area contributed by atoms with Crippen LogP contribution in [0.1, 0.15) is 49.4 Å². The molecular formula is C16H21NO2S2. The van der Waals surface area contributed by atoms with Crippen molar-refractivity contribution in [3.05, 3.63) is 29.8 Å². The van der Waals surface area contributed by atoms with Crippen LogP contribution in [0, 0.1) is 0 Å². The lowest BCUT2D eigenvalue weighted by Gasteiger charge is -2.08. The van der Waals surface area contributed by atoms with Crippen LogP contribution in [-0.4, -0.2) is 22.7 Å². The van der Waals surface area contributed by atoms with Gasteiger partial charge in [-0.3, -0.25) is 9.59 Å². The maximum Gasteiger partial charge on any atom is 0.224 e. The van der Waals surface area contributed by atoms with E-state index in [1.807, 2.05) is 21.6 Å². The van der Waals surface area contributed by atoms with Crippen molar-refractivity contribution in [1.29, 1.82) is 0 Å². The zero-order valence-electron chi connectivity index (χ0n) is 12.3. The van der Waals surface area contributed by atoms with E-state index in [9.17, 15) is 9.59 Å². The summed E-state index contributed by atoms with van der Waals surface area (Å²) in [5.74, 6) is 1.36. The van der Waals surface area contributed by atoms with Gasteiger partial charge in [0, 0.05) is 28.7 Å². The van der Waals surface area contributed by atoms with Crippen LogP contribution in [-0.2, 0) is 4.79 Å². The minimum Gasteiger partial charge on any atom is -0.326 e. The molecule has 0 bridgehead atoms. The van der Waals surface area contributed by atoms with Gasteiger partial charge in [0.05, 0.1) is 0 Å². The monoisotopic (exact) mass is 323 g/mol. The second kappa shape index (κ2) is 8.49. The van der Waals surface area contributed by atoms with E-state index in [4.69, 9.17) is 0 Å². The minimum atomic E-state index is 0.0378. The number of carbonyl (C=O) groups is 2. The van der Waals surface area contributed by atoms with Crippen molar-refractivity contribution in [2.24, 2.45) is 0 Å². The number of hydrogen-bond acceptors (Lipinski definition) is 4. The lowest BCUT2D eigenvalue weighted by atomic mass is 10.1. The standard InChI is InChI=1S/C16H21NO2S2/c1-12(18)13-6-8-14(9-7-13)17-16(19)5-3-2-4-15-10-11-20-21-15/h6-9,15H,2-5,10-11H2,1H3,(H,17,19). The number of anilines is 1. The second-order valence-electron chi connectivity index (χ2n) is 5.26. The molecule has 1 fully saturated rings. The Balaban J connectivity index is 1.65. The highest BCUT2D eigenvalue weighted by molar-refractivity contribution is 8.77. The summed E-state index contributed by atoms with van der Waals surface area (Å²) >= 11 is 0. The molecule has 0 aromatic heterocycles. The molecule has 1 unspecified atom stereocenters. The number of benzene rings is 1. The van der Waals surface area contributed by atoms with Crippen LogP contribution < -0.4 is 5.32 Å². The molecule has 1 heterocycles. The Hall–Kier alpha value is -0.940. The summed E-state index contributed by atoms with van der Waals surface area (Å²) in [4.78, 5) is 23.0. The Morgan fingerprint density at radius 3 is 2.62 bits per heavy atom. The molecule has 2 rings (SSSR count). The van der Waals surface area contributed by atoms with E-state index in [1.54, 1.807) is 24.3 Å². The first-order valence-electron chi connectivity index (χ1n) is 7.34. The van der Waals surface area contributed by atoms with Crippen LogP contribution in [0.15, 0.2) is 24.3 Å². The van der Waals surface area contributed by atoms with Gasteiger partial charge in [-0.1, -0.05) is 28.0 Å². The van der Waals surface area contributed by atoms with Crippen molar-refractivity contribution < 1.29 is 9.59 Å². The van der Waals surface area contributed by atoms with Crippen molar-refractivity contribution in [3.8, 4) is 0 Å². The van der Waals surface area contributed by atoms with E-state index < -0.39 is 0 Å². The smallest absolute Gasteiger partial charge is 0.224 e. The van der Waals surface area contributed by atoms with Gasteiger partial charge in [0.25, 0.3) is 0 Å². The van der Waals surface area contributed by atoms with E-state index in [2.05, 4.69) is 5.32 Å². The van der Waals surface area contributed by atoms with Crippen LogP contribution >= 0.6 is 21.6 Å². The number of rotatable bonds is 7. The molecule has 5 heteroatoms. The summed E-state index contributed by atoms with van der Waals surface area (Å²) in [6.07, 6.45) is 5.16. The number of ketones is 1. The van der Waals surface area contributed by atoms with Gasteiger partial charge in [0.15, 0.2) is 5.78 Å². The molecule has 0 saturated carbocycles. The first-order valence-corrected chi connectivity index (χ1v) is 9.72. The largest absolute Gasteiger partial charge is 0.326 e. The molecule has 1 saturated heterocycles. The Kier molecular flexibility index (Phi) is 6.64. The summed E-state index contributed by atoms with van der Waals surface area (Å²) in [5.41, 5.74) is 1.42. The van der Waals surface area contributed by atoms with Crippen LogP contribution in [0.5, 0.6) is 0 Å². The third-order valence-corrected chi connectivity index (χ3v) is 6.49. The summed E-state index contributed by atoms with van der Waals surface area (Å²) in [6, 6.07) is 7.04. The molecule has 1 aliphatic rings. The number of Topliss-reactive ketones (excluding diaryl/α,β-unsaturated/α-hetero) is 1. The topological polar surface area (TPSA) is 46.2 Å². The van der Waals surface area contributed by atoms with Crippen molar-refractivity contribution in [1.82, 2.24) is 0 Å². The molecule has 1 aliphatic heterocycles. The first kappa shape index (κ1) is 16.4. The maximum atomic E-state index is 11.8. The van der Waals surface area contributed by atoms with Crippen molar-refractivity contribution in [3.63, 3.8) is 0 Å². The molecule has 1 N–H and O–H groups in total. The molecule has 3 nitrogen and oxygen atoms in total. The predicted molar refractivity (Wildman–Crippen MR) is 92.0 cm³/mol. The highest BCUT2D eigenvalue weighted by Crippen LogP contribution is 2.39. The molecule has 1 atom stereocenters. The fourth-order valence-corrected chi connectivity index (χ4v) is 5.26. The molecular weight excluding hydrogens is 302 g/mol. The lowest BCUT2D eigenvalue weighted by Crippen LogP contribution is -2.11. The highest BCUT2D eigenvalue weighted by atomic mass is 33.1. The van der Waals surface area contributed by atoms with Crippen LogP contribution in [0.2, 0.25) is 0 Å². The Bertz CT molecular complexity index is 482. The quantitative estimate of drug-likeness (QED) is 0.454. The van der Waals surface area contributed by atoms with Gasteiger partial charge in [-0.05, 0) is 50.5 Å². The van der Waals surface area contributed by atoms with E-state index in [0.29, 0.717) is 12.0 Å². The lowest BCUT2D eigenvalue weighted by molar-refractivity contribution is -0.116. The average molecular weight is 323 g/mol. The summed E-state index contributed by atoms with van der Waals surface area (Å²) in [5, 5.41) is 3.67. The first-order chi connectivity index (χ1) is 10.1. The number of hydrogen-bond donors (Lipinski definition) is 1. The van der Waals surface area contributed by atoms with Crippen molar-refractivity contribution in [2.45, 2.75) is 44.3 Å². The van der Waals surface area contributed by atoms with Gasteiger partial charge in [0.1, 0.15) is 0 Å². The van der Waals surface area contributed by atoms with Gasteiger partial charge in [0.2, 0.25) is 5.91 Å². The van der Waals surface area contributed by atoms with Crippen LogP contribution in [0.25, 0.3) is 0 Å². The maximum absolute atomic E-state index is 11.8. The van der Waals surface area contributed by atoms with Gasteiger partial charge in [-0.25, -0.2) is 0 Å². The van der Waals surface area contributed by atoms with Gasteiger partial charge in [-0.2, -0.15) is 0 Å². The van der Waals surface area contributed by atoms with Crippen molar-refractivity contribution >= 4 is 39.0 Å². The Morgan fingerprint density at radius 2 is 2.00 bits per heavy atom. The third kappa shape index (κ3) is 5.75. The average Bonchev–Trinajstić information content (AvgIpc) is 2.97. The number of carbonyl (C=O) groups excluding carboxylic acids is 2. The normalized spacial score (nSPS) is 17.7. The Morgan fingerprint density at radius 1 is 1.24 bits per heavy atom. The van der Waals surface area contributed by atoms with Crippen LogP contribution in [0.4, 0.5) is 5.69 Å². The van der Waals surface area contributed by atoms with Gasteiger partial charge in [-0.15, -0.1) is 0 Å². The number of amides is 1. The van der Waals surface area contributed by atoms with E-state index >= 15 is 0 Å². The summed E-state index contributed by atoms with van der Waals surface area (Å²) < 4.78 is 0. The van der Waals surface area contributed by atoms with Gasteiger partial charge < -0.3 is 5.32 Å². The molecule has 1 aromatic rings. The fourth-order valence-electron chi connectivity index (χ4n) is 2.23.